The van der Waals surface area contributed by atoms with Gasteiger partial charge in [-0.25, -0.2) is 0 Å². The van der Waals surface area contributed by atoms with Gasteiger partial charge in [0.05, 0.1) is 11.3 Å². The molecule has 1 fully saturated rings. The van der Waals surface area contributed by atoms with Gasteiger partial charge in [0.25, 0.3) is 5.91 Å². The minimum Gasteiger partial charge on any atom is -0.388 e. The zero-order valence-electron chi connectivity index (χ0n) is 12.6. The highest BCUT2D eigenvalue weighted by Gasteiger charge is 2.32. The average Bonchev–Trinajstić information content (AvgIpc) is 2.81. The van der Waals surface area contributed by atoms with Crippen molar-refractivity contribution in [3.05, 3.63) is 17.5 Å². The lowest BCUT2D eigenvalue weighted by Crippen LogP contribution is -2.45. The van der Waals surface area contributed by atoms with E-state index >= 15 is 0 Å². The van der Waals surface area contributed by atoms with Crippen LogP contribution in [0.3, 0.4) is 0 Å². The summed E-state index contributed by atoms with van der Waals surface area (Å²) in [5.74, 6) is 0.516. The van der Waals surface area contributed by atoms with Crippen LogP contribution in [-0.2, 0) is 13.5 Å². The Labute approximate surface area is 120 Å². The summed E-state index contributed by atoms with van der Waals surface area (Å²) in [5.41, 5.74) is 0.714. The van der Waals surface area contributed by atoms with E-state index in [2.05, 4.69) is 17.3 Å². The number of aliphatic hydroxyl groups is 1. The van der Waals surface area contributed by atoms with Crippen molar-refractivity contribution in [2.75, 3.05) is 6.54 Å². The molecule has 0 radical (unpaired) electrons. The summed E-state index contributed by atoms with van der Waals surface area (Å²) >= 11 is 0. The van der Waals surface area contributed by atoms with Crippen molar-refractivity contribution in [1.82, 2.24) is 15.1 Å². The second-order valence-electron chi connectivity index (χ2n) is 6.09. The van der Waals surface area contributed by atoms with E-state index in [4.69, 9.17) is 0 Å². The fourth-order valence-electron chi connectivity index (χ4n) is 2.72. The number of amides is 1. The fourth-order valence-corrected chi connectivity index (χ4v) is 2.72. The van der Waals surface area contributed by atoms with Crippen molar-refractivity contribution in [3.8, 4) is 0 Å². The predicted molar refractivity (Wildman–Crippen MR) is 77.5 cm³/mol. The molecule has 0 saturated heterocycles. The molecule has 1 aliphatic rings. The third kappa shape index (κ3) is 3.39. The Morgan fingerprint density at radius 3 is 2.75 bits per heavy atom. The first kappa shape index (κ1) is 15.0. The summed E-state index contributed by atoms with van der Waals surface area (Å²) in [6.07, 6.45) is 4.39. The molecule has 0 aliphatic heterocycles. The number of hydrogen-bond acceptors (Lipinski definition) is 3. The standard InChI is InChI=1S/C15H25N3O2/c1-4-12-9-13(18(3)17-12)14(19)16-10-15(20)7-5-11(2)6-8-15/h9,11,20H,4-8,10H2,1-3H3,(H,16,19). The number of nitrogens with zero attached hydrogens (tertiary/aromatic N) is 2. The molecule has 0 atom stereocenters. The lowest BCUT2D eigenvalue weighted by atomic mass is 9.79. The van der Waals surface area contributed by atoms with E-state index in [-0.39, 0.29) is 5.91 Å². The minimum atomic E-state index is -0.742. The van der Waals surface area contributed by atoms with E-state index in [0.29, 0.717) is 18.2 Å². The van der Waals surface area contributed by atoms with Gasteiger partial charge in [0.15, 0.2) is 0 Å². The summed E-state index contributed by atoms with van der Waals surface area (Å²) in [7, 11) is 1.77. The van der Waals surface area contributed by atoms with Gasteiger partial charge in [-0.15, -0.1) is 0 Å². The molecular formula is C15H25N3O2. The maximum atomic E-state index is 12.2. The Morgan fingerprint density at radius 2 is 2.20 bits per heavy atom. The summed E-state index contributed by atoms with van der Waals surface area (Å²) < 4.78 is 1.60. The van der Waals surface area contributed by atoms with Gasteiger partial charge in [-0.3, -0.25) is 9.48 Å². The van der Waals surface area contributed by atoms with Crippen molar-refractivity contribution in [1.29, 1.82) is 0 Å². The van der Waals surface area contributed by atoms with Gasteiger partial charge in [0, 0.05) is 13.6 Å². The van der Waals surface area contributed by atoms with Crippen LogP contribution in [0.25, 0.3) is 0 Å². The Morgan fingerprint density at radius 1 is 1.55 bits per heavy atom. The van der Waals surface area contributed by atoms with E-state index in [0.717, 1.165) is 37.8 Å². The summed E-state index contributed by atoms with van der Waals surface area (Å²) in [6.45, 7) is 4.54. The van der Waals surface area contributed by atoms with E-state index in [1.807, 2.05) is 13.0 Å². The largest absolute Gasteiger partial charge is 0.388 e. The second kappa shape index (κ2) is 5.95. The van der Waals surface area contributed by atoms with Gasteiger partial charge in [-0.2, -0.15) is 5.10 Å². The molecule has 2 rings (SSSR count). The summed E-state index contributed by atoms with van der Waals surface area (Å²) in [4.78, 5) is 12.2. The lowest BCUT2D eigenvalue weighted by Gasteiger charge is -2.34. The topological polar surface area (TPSA) is 67.2 Å². The number of nitrogens with one attached hydrogen (secondary N) is 1. The van der Waals surface area contributed by atoms with Crippen molar-refractivity contribution in [3.63, 3.8) is 0 Å². The monoisotopic (exact) mass is 279 g/mol. The number of rotatable bonds is 4. The molecule has 0 aromatic carbocycles. The molecule has 1 saturated carbocycles. The molecule has 5 nitrogen and oxygen atoms in total. The second-order valence-corrected chi connectivity index (χ2v) is 6.09. The Balaban J connectivity index is 1.93. The van der Waals surface area contributed by atoms with Crippen LogP contribution in [0.4, 0.5) is 0 Å². The normalized spacial score (nSPS) is 26.5. The molecule has 0 spiro atoms. The lowest BCUT2D eigenvalue weighted by molar-refractivity contribution is -0.00547. The number of carbonyl (C=O) groups is 1. The maximum absolute atomic E-state index is 12.2. The SMILES string of the molecule is CCc1cc(C(=O)NCC2(O)CCC(C)CC2)n(C)n1. The van der Waals surface area contributed by atoms with Crippen LogP contribution in [0.5, 0.6) is 0 Å². The molecule has 0 unspecified atom stereocenters. The molecule has 1 heterocycles. The highest BCUT2D eigenvalue weighted by Crippen LogP contribution is 2.31. The first-order valence-corrected chi connectivity index (χ1v) is 7.47. The van der Waals surface area contributed by atoms with Crippen LogP contribution < -0.4 is 5.32 Å². The molecule has 1 amide bonds. The third-order valence-corrected chi connectivity index (χ3v) is 4.31. The van der Waals surface area contributed by atoms with E-state index in [9.17, 15) is 9.90 Å². The molecular weight excluding hydrogens is 254 g/mol. The van der Waals surface area contributed by atoms with Crippen LogP contribution in [0.2, 0.25) is 0 Å². The van der Waals surface area contributed by atoms with Crippen LogP contribution in [-0.4, -0.2) is 32.9 Å². The van der Waals surface area contributed by atoms with Crippen molar-refractivity contribution in [2.24, 2.45) is 13.0 Å². The zero-order chi connectivity index (χ0) is 14.8. The van der Waals surface area contributed by atoms with Crippen LogP contribution in [0.15, 0.2) is 6.07 Å². The number of aromatic nitrogens is 2. The summed E-state index contributed by atoms with van der Waals surface area (Å²) in [5, 5.41) is 17.6. The van der Waals surface area contributed by atoms with Crippen molar-refractivity contribution in [2.45, 2.75) is 51.6 Å². The summed E-state index contributed by atoms with van der Waals surface area (Å²) in [6, 6.07) is 1.81. The van der Waals surface area contributed by atoms with Crippen molar-refractivity contribution < 1.29 is 9.90 Å². The van der Waals surface area contributed by atoms with Gasteiger partial charge in [0.1, 0.15) is 5.69 Å². The highest BCUT2D eigenvalue weighted by atomic mass is 16.3. The third-order valence-electron chi connectivity index (χ3n) is 4.31. The molecule has 5 heteroatoms. The number of hydrogen-bond donors (Lipinski definition) is 2. The molecule has 1 aromatic rings. The van der Waals surface area contributed by atoms with Gasteiger partial charge >= 0.3 is 0 Å². The molecule has 20 heavy (non-hydrogen) atoms. The number of carbonyl (C=O) groups excluding carboxylic acids is 1. The molecule has 2 N–H and O–H groups in total. The fraction of sp³-hybridized carbons (Fsp3) is 0.733. The van der Waals surface area contributed by atoms with E-state index < -0.39 is 5.60 Å². The Hall–Kier alpha value is -1.36. The first-order valence-electron chi connectivity index (χ1n) is 7.47. The van der Waals surface area contributed by atoms with E-state index in [1.165, 1.54) is 0 Å². The average molecular weight is 279 g/mol. The number of aryl methyl sites for hydroxylation is 2. The smallest absolute Gasteiger partial charge is 0.269 e. The van der Waals surface area contributed by atoms with Gasteiger partial charge in [-0.05, 0) is 44.1 Å². The van der Waals surface area contributed by atoms with E-state index in [1.54, 1.807) is 11.7 Å². The maximum Gasteiger partial charge on any atom is 0.269 e. The van der Waals surface area contributed by atoms with Crippen molar-refractivity contribution >= 4 is 5.91 Å². The van der Waals surface area contributed by atoms with Gasteiger partial charge in [-0.1, -0.05) is 13.8 Å². The molecule has 1 aromatic heterocycles. The Kier molecular flexibility index (Phi) is 4.48. The molecule has 1 aliphatic carbocycles. The van der Waals surface area contributed by atoms with Gasteiger partial charge in [0.2, 0.25) is 0 Å². The quantitative estimate of drug-likeness (QED) is 0.880. The van der Waals surface area contributed by atoms with Gasteiger partial charge < -0.3 is 10.4 Å². The highest BCUT2D eigenvalue weighted by molar-refractivity contribution is 5.92. The minimum absolute atomic E-state index is 0.160. The van der Waals surface area contributed by atoms with Crippen LogP contribution in [0, 0.1) is 5.92 Å². The molecule has 0 bridgehead atoms. The Bertz CT molecular complexity index is 473. The predicted octanol–water partition coefficient (Wildman–Crippen LogP) is 1.65. The first-order chi connectivity index (χ1) is 9.43. The zero-order valence-corrected chi connectivity index (χ0v) is 12.6. The van der Waals surface area contributed by atoms with Crippen LogP contribution in [0.1, 0.15) is 55.7 Å². The molecule has 112 valence electrons. The van der Waals surface area contributed by atoms with Crippen LogP contribution >= 0.6 is 0 Å².